The predicted octanol–water partition coefficient (Wildman–Crippen LogP) is 5.73. The van der Waals surface area contributed by atoms with Crippen molar-refractivity contribution in [3.8, 4) is 22.8 Å². The highest BCUT2D eigenvalue weighted by molar-refractivity contribution is 6.76. The molecular weight excluding hydrogens is 1010 g/mol. The fraction of sp³-hybridized carbons (Fsp3) is 0.440. The van der Waals surface area contributed by atoms with Gasteiger partial charge in [0.2, 0.25) is 0 Å². The van der Waals surface area contributed by atoms with Gasteiger partial charge in [-0.25, -0.2) is 33.5 Å². The third-order valence-corrected chi connectivity index (χ3v) is 15.5. The van der Waals surface area contributed by atoms with Crippen molar-refractivity contribution in [1.29, 1.82) is 0 Å². The molecule has 6 aromatic heterocycles. The third-order valence-electron chi connectivity index (χ3n) is 12.1. The van der Waals surface area contributed by atoms with Crippen LogP contribution in [0.5, 0.6) is 0 Å². The highest BCUT2D eigenvalue weighted by Gasteiger charge is 2.25. The van der Waals surface area contributed by atoms with Gasteiger partial charge in [0.1, 0.15) is 64.5 Å². The van der Waals surface area contributed by atoms with Gasteiger partial charge in [0.15, 0.2) is 11.3 Å². The average molecular weight is 1080 g/mol. The molecule has 8 aromatic rings. The molecule has 0 unspecified atom stereocenters. The Bertz CT molecular complexity index is 3270. The van der Waals surface area contributed by atoms with Crippen LogP contribution < -0.4 is 11.1 Å². The van der Waals surface area contributed by atoms with Crippen LogP contribution in [0, 0.1) is 11.6 Å². The largest absolute Gasteiger partial charge is 0.478 e. The summed E-state index contributed by atoms with van der Waals surface area (Å²) in [5.74, 6) is -2.33. The van der Waals surface area contributed by atoms with E-state index >= 15 is 0 Å². The predicted molar refractivity (Wildman–Crippen MR) is 286 cm³/mol. The summed E-state index contributed by atoms with van der Waals surface area (Å²) in [7, 11) is 0.944. The van der Waals surface area contributed by atoms with Crippen molar-refractivity contribution in [3.63, 3.8) is 0 Å². The second kappa shape index (κ2) is 24.5. The number of nitrogens with one attached hydrogen (secondary N) is 1. The maximum absolute atomic E-state index is 13.8. The zero-order valence-electron chi connectivity index (χ0n) is 43.9. The van der Waals surface area contributed by atoms with Crippen LogP contribution in [0.2, 0.25) is 51.4 Å². The Hall–Kier alpha value is -6.43. The number of aromatic nitrogens is 10. The molecule has 0 aliphatic rings. The highest BCUT2D eigenvalue weighted by atomic mass is 28.3. The SMILES string of the molecule is C[C@@H](O)[C@@H](CO)NC(=O)c1cn(COCC[Si](C)(C)C)c2ncc(-c3nn(C)c4cc(F)ccc34)nc12.C[C@@H](O)[C@H](N)CO.Cn1nc(-c2cnc3c(n2)c(C(=O)O)cn3COCC[Si](C)(C)C)c2ccc(F)cc21. The number of halogens is 2. The monoisotopic (exact) mass is 1070 g/mol. The molecule has 0 spiro atoms. The van der Waals surface area contributed by atoms with Crippen LogP contribution in [0.25, 0.3) is 66.9 Å². The summed E-state index contributed by atoms with van der Waals surface area (Å²) in [4.78, 5) is 43.3. The number of aryl methyl sites for hydroxylation is 2. The standard InChI is InChI=1S/C25H33FN6O4Si.C21H24FN5O3Si.C4H11NO2/c1-15(34)20(13-33)29-25(35)18-12-32(14-36-8-9-37(3,4)5)24-23(18)28-19(11-27-24)22-17-7-6-16(26)10-21(17)31(2)30-22;1-26-17-9-13(22)5-6-14(17)18(25-26)16-10-23-20-19(24-16)15(21(28)29)11-27(20)12-30-7-8-31(2,3)4;1-3(7)4(5)2-6/h6-7,10-12,15,20,33-34H,8-9,13-14H2,1-5H3,(H,29,35);5-6,9-11H,7-8,12H2,1-4H3,(H,28,29);3-4,6-7H,2,5H2,1H3/t15-,20-;;3-,4-/m1.1/s1. The summed E-state index contributed by atoms with van der Waals surface area (Å²) < 4.78 is 45.6. The van der Waals surface area contributed by atoms with E-state index in [1.165, 1.54) is 37.4 Å². The summed E-state index contributed by atoms with van der Waals surface area (Å²) in [6.07, 6.45) is 4.68. The molecule has 2 aromatic carbocycles. The number of nitrogens with zero attached hydrogens (tertiary/aromatic N) is 10. The summed E-state index contributed by atoms with van der Waals surface area (Å²) in [5, 5.41) is 58.9. The number of carboxylic acids is 1. The summed E-state index contributed by atoms with van der Waals surface area (Å²) >= 11 is 0. The molecule has 0 radical (unpaired) electrons. The van der Waals surface area contributed by atoms with E-state index in [0.717, 1.165) is 12.1 Å². The van der Waals surface area contributed by atoms with Gasteiger partial charge in [0.25, 0.3) is 5.91 Å². The van der Waals surface area contributed by atoms with Crippen LogP contribution in [-0.4, -0.2) is 153 Å². The molecule has 404 valence electrons. The van der Waals surface area contributed by atoms with Crippen LogP contribution >= 0.6 is 0 Å². The zero-order chi connectivity index (χ0) is 55.1. The fourth-order valence-electron chi connectivity index (χ4n) is 7.49. The molecule has 0 aliphatic carbocycles. The van der Waals surface area contributed by atoms with E-state index in [1.54, 1.807) is 70.2 Å². The van der Waals surface area contributed by atoms with Crippen LogP contribution in [0.15, 0.2) is 61.2 Å². The van der Waals surface area contributed by atoms with Crippen LogP contribution in [0.1, 0.15) is 34.6 Å². The van der Waals surface area contributed by atoms with Gasteiger partial charge < -0.3 is 55.2 Å². The van der Waals surface area contributed by atoms with E-state index in [-0.39, 0.29) is 48.3 Å². The van der Waals surface area contributed by atoms with E-state index < -0.39 is 58.9 Å². The molecule has 1 amide bonds. The number of benzene rings is 2. The van der Waals surface area contributed by atoms with E-state index in [0.29, 0.717) is 74.6 Å². The van der Waals surface area contributed by atoms with Crippen molar-refractivity contribution in [2.24, 2.45) is 19.8 Å². The maximum atomic E-state index is 13.8. The number of fused-ring (bicyclic) bond motifs is 4. The molecule has 0 fully saturated rings. The number of rotatable bonds is 19. The minimum Gasteiger partial charge on any atom is -0.478 e. The zero-order valence-corrected chi connectivity index (χ0v) is 45.9. The molecule has 8 rings (SSSR count). The van der Waals surface area contributed by atoms with Crippen molar-refractivity contribution in [3.05, 3.63) is 83.9 Å². The quantitative estimate of drug-likeness (QED) is 0.0376. The summed E-state index contributed by atoms with van der Waals surface area (Å²) in [5.41, 5.74) is 9.94. The number of hydrogen-bond donors (Lipinski definition) is 7. The lowest BCUT2D eigenvalue weighted by Crippen LogP contribution is -2.44. The number of aliphatic hydroxyl groups is 4. The number of aromatic carboxylic acids is 1. The van der Waals surface area contributed by atoms with E-state index in [4.69, 9.17) is 30.4 Å². The smallest absolute Gasteiger partial charge is 0.339 e. The molecule has 8 N–H and O–H groups in total. The van der Waals surface area contributed by atoms with Gasteiger partial charge in [-0.1, -0.05) is 39.3 Å². The number of carbonyl (C=O) groups excluding carboxylic acids is 1. The summed E-state index contributed by atoms with van der Waals surface area (Å²) in [6.45, 7) is 17.7. The first-order chi connectivity index (χ1) is 35.3. The van der Waals surface area contributed by atoms with Crippen LogP contribution in [-0.2, 0) is 37.0 Å². The van der Waals surface area contributed by atoms with Crippen molar-refractivity contribution in [2.75, 3.05) is 26.4 Å². The van der Waals surface area contributed by atoms with E-state index in [1.807, 2.05) is 0 Å². The van der Waals surface area contributed by atoms with Gasteiger partial charge in [0, 0.05) is 66.6 Å². The van der Waals surface area contributed by atoms with Crippen LogP contribution in [0.4, 0.5) is 8.78 Å². The number of aliphatic hydroxyl groups excluding tert-OH is 4. The molecule has 6 heterocycles. The minimum atomic E-state index is -1.27. The maximum Gasteiger partial charge on any atom is 0.339 e. The number of ether oxygens (including phenoxy) is 2. The average Bonchev–Trinajstić information content (AvgIpc) is 4.10. The number of hydrogen-bond acceptors (Lipinski definition) is 15. The Morgan fingerprint density at radius 2 is 1.15 bits per heavy atom. The highest BCUT2D eigenvalue weighted by Crippen LogP contribution is 2.31. The molecule has 75 heavy (non-hydrogen) atoms. The molecule has 25 heteroatoms. The first-order valence-electron chi connectivity index (χ1n) is 24.3. The van der Waals surface area contributed by atoms with Crippen molar-refractivity contribution >= 4 is 72.2 Å². The van der Waals surface area contributed by atoms with E-state index in [2.05, 4.69) is 69.7 Å². The van der Waals surface area contributed by atoms with Gasteiger partial charge in [-0.3, -0.25) is 14.2 Å². The van der Waals surface area contributed by atoms with Crippen molar-refractivity contribution < 1.29 is 53.4 Å². The lowest BCUT2D eigenvalue weighted by molar-refractivity contribution is 0.0695. The Morgan fingerprint density at radius 3 is 1.52 bits per heavy atom. The lowest BCUT2D eigenvalue weighted by atomic mass is 10.1. The topological polar surface area (TPSA) is 289 Å². The Labute approximate surface area is 434 Å². The van der Waals surface area contributed by atoms with Gasteiger partial charge in [0.05, 0.1) is 66.5 Å². The molecule has 0 bridgehead atoms. The molecule has 0 saturated carbocycles. The van der Waals surface area contributed by atoms with E-state index in [9.17, 15) is 33.7 Å². The second-order valence-electron chi connectivity index (χ2n) is 20.7. The van der Waals surface area contributed by atoms with Gasteiger partial charge >= 0.3 is 5.97 Å². The Morgan fingerprint density at radius 1 is 0.707 bits per heavy atom. The molecular formula is C50H68F2N12O9Si2. The van der Waals surface area contributed by atoms with Gasteiger partial charge in [-0.15, -0.1) is 0 Å². The lowest BCUT2D eigenvalue weighted by Gasteiger charge is -2.18. The first-order valence-corrected chi connectivity index (χ1v) is 31.7. The number of nitrogens with two attached hydrogens (primary N) is 1. The minimum absolute atomic E-state index is 0.0458. The molecule has 0 saturated heterocycles. The Kier molecular flexibility index (Phi) is 18.9. The van der Waals surface area contributed by atoms with Crippen molar-refractivity contribution in [2.45, 2.75) is 103 Å². The molecule has 0 aliphatic heterocycles. The third kappa shape index (κ3) is 14.5. The number of carbonyl (C=O) groups is 2. The number of amides is 1. The number of carboxylic acid groups (broad SMARTS) is 1. The summed E-state index contributed by atoms with van der Waals surface area (Å²) in [6, 6.07) is 9.46. The first kappa shape index (κ1) is 57.8. The second-order valence-corrected chi connectivity index (χ2v) is 32.0. The fourth-order valence-corrected chi connectivity index (χ4v) is 9.00. The molecule has 4 atom stereocenters. The van der Waals surface area contributed by atoms with Crippen molar-refractivity contribution in [1.82, 2.24) is 53.9 Å². The van der Waals surface area contributed by atoms with Gasteiger partial charge in [-0.05, 0) is 62.3 Å². The Balaban J connectivity index is 0.000000219. The van der Waals surface area contributed by atoms with Crippen LogP contribution in [0.3, 0.4) is 0 Å². The van der Waals surface area contributed by atoms with Gasteiger partial charge in [-0.2, -0.15) is 10.2 Å². The normalized spacial score (nSPS) is 13.6. The molecule has 21 nitrogen and oxygen atoms in total.